The molecule has 2 N–H and O–H groups in total. The van der Waals surface area contributed by atoms with Crippen LogP contribution in [-0.4, -0.2) is 19.4 Å². The third-order valence-electron chi connectivity index (χ3n) is 3.55. The van der Waals surface area contributed by atoms with Crippen molar-refractivity contribution in [1.29, 1.82) is 0 Å². The van der Waals surface area contributed by atoms with Gasteiger partial charge in [0.1, 0.15) is 5.75 Å². The quantitative estimate of drug-likeness (QED) is 0.830. The third-order valence-corrected chi connectivity index (χ3v) is 5.08. The Morgan fingerprint density at radius 1 is 1.29 bits per heavy atom. The first-order valence-corrected chi connectivity index (χ1v) is 8.55. The zero-order chi connectivity index (χ0) is 14.8. The molecule has 1 aliphatic heterocycles. The zero-order valence-electron chi connectivity index (χ0n) is 11.8. The first-order valence-electron chi connectivity index (χ1n) is 6.77. The normalized spacial score (nSPS) is 13.9. The van der Waals surface area contributed by atoms with Gasteiger partial charge in [0, 0.05) is 39.5 Å². The molecule has 0 saturated carbocycles. The Morgan fingerprint density at radius 3 is 2.95 bits per heavy atom. The van der Waals surface area contributed by atoms with Crippen molar-refractivity contribution in [2.75, 3.05) is 30.0 Å². The zero-order valence-corrected chi connectivity index (χ0v) is 14.2. The summed E-state index contributed by atoms with van der Waals surface area (Å²) in [5.41, 5.74) is 9.15. The lowest BCUT2D eigenvalue weighted by molar-refractivity contribution is 0.409. The molecule has 5 heteroatoms. The molecule has 0 amide bonds. The number of benzene rings is 2. The van der Waals surface area contributed by atoms with Crippen molar-refractivity contribution in [3.05, 3.63) is 46.4 Å². The highest BCUT2D eigenvalue weighted by molar-refractivity contribution is 9.10. The summed E-state index contributed by atoms with van der Waals surface area (Å²) in [7, 11) is 1.71. The van der Waals surface area contributed by atoms with Gasteiger partial charge in [-0.2, -0.15) is 0 Å². The number of ether oxygens (including phenoxy) is 1. The van der Waals surface area contributed by atoms with E-state index in [4.69, 9.17) is 10.5 Å². The molecule has 0 aliphatic carbocycles. The van der Waals surface area contributed by atoms with Gasteiger partial charge in [-0.25, -0.2) is 0 Å². The van der Waals surface area contributed by atoms with E-state index in [1.54, 1.807) is 7.11 Å². The maximum atomic E-state index is 5.95. The SMILES string of the molecule is COc1ccc(Br)cc1CN1CCSc2ccc(N)cc21. The van der Waals surface area contributed by atoms with Crippen LogP contribution < -0.4 is 15.4 Å². The maximum Gasteiger partial charge on any atom is 0.123 e. The predicted octanol–water partition coefficient (Wildman–Crippen LogP) is 4.15. The Kier molecular flexibility index (Phi) is 4.31. The summed E-state index contributed by atoms with van der Waals surface area (Å²) >= 11 is 5.42. The Labute approximate surface area is 137 Å². The molecule has 1 aliphatic rings. The Balaban J connectivity index is 1.93. The van der Waals surface area contributed by atoms with Crippen molar-refractivity contribution in [2.45, 2.75) is 11.4 Å². The summed E-state index contributed by atoms with van der Waals surface area (Å²) in [5, 5.41) is 0. The van der Waals surface area contributed by atoms with Crippen LogP contribution >= 0.6 is 27.7 Å². The molecule has 0 aromatic heterocycles. The van der Waals surface area contributed by atoms with Crippen LogP contribution in [0.15, 0.2) is 45.8 Å². The molecular formula is C16H17BrN2OS. The molecule has 0 fully saturated rings. The molecule has 2 aromatic rings. The number of nitrogens with zero attached hydrogens (tertiary/aromatic N) is 1. The predicted molar refractivity (Wildman–Crippen MR) is 93.3 cm³/mol. The number of hydrogen-bond acceptors (Lipinski definition) is 4. The minimum absolute atomic E-state index is 0.808. The van der Waals surface area contributed by atoms with Crippen molar-refractivity contribution in [3.63, 3.8) is 0 Å². The van der Waals surface area contributed by atoms with E-state index >= 15 is 0 Å². The topological polar surface area (TPSA) is 38.5 Å². The van der Waals surface area contributed by atoms with E-state index in [1.807, 2.05) is 30.0 Å². The van der Waals surface area contributed by atoms with E-state index in [1.165, 1.54) is 16.1 Å². The largest absolute Gasteiger partial charge is 0.496 e. The third kappa shape index (κ3) is 3.14. The average Bonchev–Trinajstić information content (AvgIpc) is 2.48. The van der Waals surface area contributed by atoms with E-state index in [9.17, 15) is 0 Å². The summed E-state index contributed by atoms with van der Waals surface area (Å²) in [4.78, 5) is 3.66. The molecule has 0 spiro atoms. The number of nitrogen functional groups attached to an aromatic ring is 1. The molecule has 2 aromatic carbocycles. The lowest BCUT2D eigenvalue weighted by Gasteiger charge is -2.31. The summed E-state index contributed by atoms with van der Waals surface area (Å²) in [6.07, 6.45) is 0. The van der Waals surface area contributed by atoms with Gasteiger partial charge in [0.15, 0.2) is 0 Å². The number of nitrogens with two attached hydrogens (primary N) is 1. The number of rotatable bonds is 3. The number of fused-ring (bicyclic) bond motifs is 1. The van der Waals surface area contributed by atoms with Gasteiger partial charge in [-0.1, -0.05) is 15.9 Å². The fraction of sp³-hybridized carbons (Fsp3) is 0.250. The summed E-state index contributed by atoms with van der Waals surface area (Å²) in [5.74, 6) is 2.01. The number of methoxy groups -OCH3 is 1. The molecule has 3 nitrogen and oxygen atoms in total. The fourth-order valence-corrected chi connectivity index (χ4v) is 3.97. The molecule has 0 radical (unpaired) electrons. The monoisotopic (exact) mass is 364 g/mol. The number of anilines is 2. The van der Waals surface area contributed by atoms with Gasteiger partial charge < -0.3 is 15.4 Å². The second-order valence-corrected chi connectivity index (χ2v) is 7.01. The fourth-order valence-electron chi connectivity index (χ4n) is 2.53. The summed E-state index contributed by atoms with van der Waals surface area (Å²) in [6, 6.07) is 12.3. The van der Waals surface area contributed by atoms with E-state index in [0.29, 0.717) is 0 Å². The number of thioether (sulfide) groups is 1. The number of hydrogen-bond donors (Lipinski definition) is 1. The molecule has 21 heavy (non-hydrogen) atoms. The Hall–Kier alpha value is -1.33. The van der Waals surface area contributed by atoms with Gasteiger partial charge in [-0.05, 0) is 36.4 Å². The lowest BCUT2D eigenvalue weighted by Crippen LogP contribution is -2.28. The highest BCUT2D eigenvalue weighted by atomic mass is 79.9. The smallest absolute Gasteiger partial charge is 0.123 e. The molecule has 110 valence electrons. The van der Waals surface area contributed by atoms with Gasteiger partial charge in [0.2, 0.25) is 0 Å². The van der Waals surface area contributed by atoms with Crippen molar-refractivity contribution in [1.82, 2.24) is 0 Å². The Morgan fingerprint density at radius 2 is 2.14 bits per heavy atom. The molecule has 0 saturated heterocycles. The van der Waals surface area contributed by atoms with E-state index in [0.717, 1.165) is 34.8 Å². The summed E-state index contributed by atoms with van der Waals surface area (Å²) in [6.45, 7) is 1.83. The molecule has 1 heterocycles. The van der Waals surface area contributed by atoms with E-state index in [-0.39, 0.29) is 0 Å². The van der Waals surface area contributed by atoms with Gasteiger partial charge >= 0.3 is 0 Å². The standard InChI is InChI=1S/C16H17BrN2OS/c1-20-15-4-2-12(17)8-11(15)10-19-6-7-21-16-5-3-13(18)9-14(16)19/h2-5,8-9H,6-7,10,18H2,1H3. The van der Waals surface area contributed by atoms with Crippen molar-refractivity contribution < 1.29 is 4.74 Å². The first-order chi connectivity index (χ1) is 10.2. The molecule has 0 unspecified atom stereocenters. The minimum Gasteiger partial charge on any atom is -0.496 e. The Bertz CT molecular complexity index is 663. The van der Waals surface area contributed by atoms with Crippen LogP contribution in [0.4, 0.5) is 11.4 Å². The van der Waals surface area contributed by atoms with Gasteiger partial charge in [0.25, 0.3) is 0 Å². The van der Waals surface area contributed by atoms with Gasteiger partial charge in [0.05, 0.1) is 12.8 Å². The second kappa shape index (κ2) is 6.20. The van der Waals surface area contributed by atoms with Crippen LogP contribution in [0.2, 0.25) is 0 Å². The number of halogens is 1. The van der Waals surface area contributed by atoms with Crippen LogP contribution in [0.5, 0.6) is 5.75 Å². The van der Waals surface area contributed by atoms with Crippen LogP contribution in [0.3, 0.4) is 0 Å². The summed E-state index contributed by atoms with van der Waals surface area (Å²) < 4.78 is 6.54. The molecule has 0 bridgehead atoms. The van der Waals surface area contributed by atoms with E-state index in [2.05, 4.69) is 39.0 Å². The molecule has 0 atom stereocenters. The highest BCUT2D eigenvalue weighted by Crippen LogP contribution is 2.37. The highest BCUT2D eigenvalue weighted by Gasteiger charge is 2.19. The average molecular weight is 365 g/mol. The van der Waals surface area contributed by atoms with E-state index < -0.39 is 0 Å². The van der Waals surface area contributed by atoms with Gasteiger partial charge in [-0.15, -0.1) is 11.8 Å². The van der Waals surface area contributed by atoms with Crippen molar-refractivity contribution in [3.8, 4) is 5.75 Å². The first kappa shape index (κ1) is 14.6. The lowest BCUT2D eigenvalue weighted by atomic mass is 10.1. The van der Waals surface area contributed by atoms with Gasteiger partial charge in [-0.3, -0.25) is 0 Å². The molecular weight excluding hydrogens is 348 g/mol. The molecule has 3 rings (SSSR count). The van der Waals surface area contributed by atoms with Crippen LogP contribution in [-0.2, 0) is 6.54 Å². The minimum atomic E-state index is 0.808. The van der Waals surface area contributed by atoms with Crippen LogP contribution in [0, 0.1) is 0 Å². The maximum absolute atomic E-state index is 5.95. The van der Waals surface area contributed by atoms with Crippen molar-refractivity contribution >= 4 is 39.1 Å². The van der Waals surface area contributed by atoms with Crippen molar-refractivity contribution in [2.24, 2.45) is 0 Å². The second-order valence-electron chi connectivity index (χ2n) is 4.95. The van der Waals surface area contributed by atoms with Crippen LogP contribution in [0.25, 0.3) is 0 Å². The van der Waals surface area contributed by atoms with Crippen LogP contribution in [0.1, 0.15) is 5.56 Å².